The van der Waals surface area contributed by atoms with Gasteiger partial charge in [-0.3, -0.25) is 14.5 Å². The third-order valence-electron chi connectivity index (χ3n) is 5.20. The number of carbonyl (C=O) groups is 2. The molecular formula is C22H24F2N2O3. The molecule has 0 radical (unpaired) electrons. The fourth-order valence-electron chi connectivity index (χ4n) is 3.58. The zero-order chi connectivity index (χ0) is 21.0. The SMILES string of the molecule is C[C@@H]1CN(C(=O)COc2c(F)cccc2C=O)[C@@H](C)CN1Cc1ccc(F)cc1. The predicted molar refractivity (Wildman–Crippen MR) is 105 cm³/mol. The van der Waals surface area contributed by atoms with Crippen molar-refractivity contribution >= 4 is 12.2 Å². The minimum atomic E-state index is -0.673. The summed E-state index contributed by atoms with van der Waals surface area (Å²) >= 11 is 0. The molecule has 0 saturated carbocycles. The van der Waals surface area contributed by atoms with Gasteiger partial charge < -0.3 is 9.64 Å². The van der Waals surface area contributed by atoms with Crippen LogP contribution in [0.1, 0.15) is 29.8 Å². The average molecular weight is 402 g/mol. The van der Waals surface area contributed by atoms with Crippen LogP contribution in [0.2, 0.25) is 0 Å². The van der Waals surface area contributed by atoms with Crippen LogP contribution in [0, 0.1) is 11.6 Å². The zero-order valence-electron chi connectivity index (χ0n) is 16.5. The van der Waals surface area contributed by atoms with Gasteiger partial charge in [0.1, 0.15) is 5.82 Å². The lowest BCUT2D eigenvalue weighted by atomic mass is 10.1. The predicted octanol–water partition coefficient (Wildman–Crippen LogP) is 3.28. The number of hydrogen-bond acceptors (Lipinski definition) is 4. The van der Waals surface area contributed by atoms with Gasteiger partial charge in [0.15, 0.2) is 24.5 Å². The Hall–Kier alpha value is -2.80. The Morgan fingerprint density at radius 1 is 1.10 bits per heavy atom. The molecule has 0 spiro atoms. The van der Waals surface area contributed by atoms with Gasteiger partial charge in [-0.25, -0.2) is 8.78 Å². The maximum atomic E-state index is 13.9. The lowest BCUT2D eigenvalue weighted by Gasteiger charge is -2.44. The summed E-state index contributed by atoms with van der Waals surface area (Å²) in [6, 6.07) is 10.5. The number of rotatable bonds is 6. The Balaban J connectivity index is 1.60. The van der Waals surface area contributed by atoms with E-state index in [0.29, 0.717) is 25.9 Å². The van der Waals surface area contributed by atoms with Crippen LogP contribution in [0.4, 0.5) is 8.78 Å². The molecule has 0 N–H and O–H groups in total. The number of nitrogens with zero attached hydrogens (tertiary/aromatic N) is 2. The fourth-order valence-corrected chi connectivity index (χ4v) is 3.58. The molecule has 1 saturated heterocycles. The zero-order valence-corrected chi connectivity index (χ0v) is 16.5. The first-order valence-electron chi connectivity index (χ1n) is 9.53. The standard InChI is InChI=1S/C22H24F2N2O3/c1-15-11-26(16(2)10-25(15)12-17-6-8-19(23)9-7-17)21(28)14-29-22-18(13-27)4-3-5-20(22)24/h3-9,13,15-16H,10-12,14H2,1-2H3/t15-,16+/m1/s1. The van der Waals surface area contributed by atoms with Gasteiger partial charge in [-0.15, -0.1) is 0 Å². The van der Waals surface area contributed by atoms with E-state index in [0.717, 1.165) is 5.56 Å². The minimum Gasteiger partial charge on any atom is -0.480 e. The molecule has 5 nitrogen and oxygen atoms in total. The van der Waals surface area contributed by atoms with Gasteiger partial charge in [-0.2, -0.15) is 0 Å². The molecule has 1 aliphatic heterocycles. The van der Waals surface area contributed by atoms with Crippen LogP contribution < -0.4 is 4.74 Å². The summed E-state index contributed by atoms with van der Waals surface area (Å²) in [7, 11) is 0. The Morgan fingerprint density at radius 2 is 1.83 bits per heavy atom. The van der Waals surface area contributed by atoms with Gasteiger partial charge in [0.25, 0.3) is 5.91 Å². The number of para-hydroxylation sites is 1. The molecule has 1 aliphatic rings. The van der Waals surface area contributed by atoms with Gasteiger partial charge in [-0.1, -0.05) is 18.2 Å². The molecule has 0 bridgehead atoms. The van der Waals surface area contributed by atoms with Crippen LogP contribution in [0.5, 0.6) is 5.75 Å². The summed E-state index contributed by atoms with van der Waals surface area (Å²) in [6.07, 6.45) is 0.502. The quantitative estimate of drug-likeness (QED) is 0.696. The van der Waals surface area contributed by atoms with E-state index >= 15 is 0 Å². The molecule has 3 rings (SSSR count). The van der Waals surface area contributed by atoms with Crippen molar-refractivity contribution < 1.29 is 23.1 Å². The molecule has 2 atom stereocenters. The van der Waals surface area contributed by atoms with Gasteiger partial charge in [0.2, 0.25) is 0 Å². The second-order valence-electron chi connectivity index (χ2n) is 7.36. The number of piperazine rings is 1. The van der Waals surface area contributed by atoms with E-state index in [1.807, 2.05) is 13.8 Å². The Labute approximate surface area is 168 Å². The fraction of sp³-hybridized carbons (Fsp3) is 0.364. The van der Waals surface area contributed by atoms with Crippen molar-refractivity contribution in [3.63, 3.8) is 0 Å². The number of benzene rings is 2. The summed E-state index contributed by atoms with van der Waals surface area (Å²) < 4.78 is 32.4. The first-order valence-corrected chi connectivity index (χ1v) is 9.53. The normalized spacial score (nSPS) is 19.8. The van der Waals surface area contributed by atoms with E-state index in [4.69, 9.17) is 4.74 Å². The van der Waals surface area contributed by atoms with Gasteiger partial charge in [-0.05, 0) is 43.7 Å². The third-order valence-corrected chi connectivity index (χ3v) is 5.20. The molecule has 0 aromatic heterocycles. The monoisotopic (exact) mass is 402 g/mol. The molecule has 0 unspecified atom stereocenters. The van der Waals surface area contributed by atoms with Crippen molar-refractivity contribution in [2.24, 2.45) is 0 Å². The molecular weight excluding hydrogens is 378 g/mol. The number of carbonyl (C=O) groups excluding carboxylic acids is 2. The maximum Gasteiger partial charge on any atom is 0.260 e. The van der Waals surface area contributed by atoms with Crippen LogP contribution >= 0.6 is 0 Å². The number of halogens is 2. The smallest absolute Gasteiger partial charge is 0.260 e. The summed E-state index contributed by atoms with van der Waals surface area (Å²) in [4.78, 5) is 27.7. The number of hydrogen-bond donors (Lipinski definition) is 0. The topological polar surface area (TPSA) is 49.9 Å². The van der Waals surface area contributed by atoms with E-state index in [1.54, 1.807) is 17.0 Å². The van der Waals surface area contributed by atoms with Crippen LogP contribution in [-0.2, 0) is 11.3 Å². The van der Waals surface area contributed by atoms with Gasteiger partial charge >= 0.3 is 0 Å². The first kappa shape index (κ1) is 20.9. The molecule has 2 aromatic rings. The molecule has 1 amide bonds. The van der Waals surface area contributed by atoms with E-state index in [2.05, 4.69) is 4.90 Å². The molecule has 0 aliphatic carbocycles. The number of ether oxygens (including phenoxy) is 1. The minimum absolute atomic E-state index is 0.0612. The van der Waals surface area contributed by atoms with Gasteiger partial charge in [0, 0.05) is 31.7 Å². The lowest BCUT2D eigenvalue weighted by Crippen LogP contribution is -2.58. The van der Waals surface area contributed by atoms with E-state index in [1.165, 1.54) is 30.3 Å². The van der Waals surface area contributed by atoms with Crippen LogP contribution in [0.15, 0.2) is 42.5 Å². The second kappa shape index (κ2) is 9.13. The van der Waals surface area contributed by atoms with Crippen molar-refractivity contribution in [3.8, 4) is 5.75 Å². The Bertz CT molecular complexity index is 873. The molecule has 1 fully saturated rings. The van der Waals surface area contributed by atoms with Gasteiger partial charge in [0.05, 0.1) is 5.56 Å². The highest BCUT2D eigenvalue weighted by molar-refractivity contribution is 5.81. The van der Waals surface area contributed by atoms with E-state index in [-0.39, 0.29) is 41.7 Å². The second-order valence-corrected chi connectivity index (χ2v) is 7.36. The summed E-state index contributed by atoms with van der Waals surface area (Å²) in [5.41, 5.74) is 1.08. The van der Waals surface area contributed by atoms with E-state index in [9.17, 15) is 18.4 Å². The highest BCUT2D eigenvalue weighted by atomic mass is 19.1. The Morgan fingerprint density at radius 3 is 2.52 bits per heavy atom. The molecule has 2 aromatic carbocycles. The summed E-state index contributed by atoms with van der Waals surface area (Å²) in [5, 5.41) is 0. The van der Waals surface area contributed by atoms with Crippen LogP contribution in [0.25, 0.3) is 0 Å². The Kier molecular flexibility index (Phi) is 6.59. The van der Waals surface area contributed by atoms with Crippen molar-refractivity contribution in [2.75, 3.05) is 19.7 Å². The van der Waals surface area contributed by atoms with Crippen LogP contribution in [0.3, 0.4) is 0 Å². The third kappa shape index (κ3) is 4.98. The molecule has 154 valence electrons. The lowest BCUT2D eigenvalue weighted by molar-refractivity contribution is -0.139. The number of aldehydes is 1. The highest BCUT2D eigenvalue weighted by Crippen LogP contribution is 2.22. The van der Waals surface area contributed by atoms with Crippen molar-refractivity contribution in [1.82, 2.24) is 9.80 Å². The van der Waals surface area contributed by atoms with Crippen LogP contribution in [-0.4, -0.2) is 53.8 Å². The first-order chi connectivity index (χ1) is 13.9. The number of amides is 1. The molecule has 7 heteroatoms. The van der Waals surface area contributed by atoms with Crippen molar-refractivity contribution in [1.29, 1.82) is 0 Å². The maximum absolute atomic E-state index is 13.9. The molecule has 1 heterocycles. The summed E-state index contributed by atoms with van der Waals surface area (Å²) in [6.45, 7) is 5.46. The summed E-state index contributed by atoms with van der Waals surface area (Å²) in [5.74, 6) is -1.40. The largest absolute Gasteiger partial charge is 0.480 e. The van der Waals surface area contributed by atoms with Crippen molar-refractivity contribution in [3.05, 3.63) is 65.2 Å². The average Bonchev–Trinajstić information content (AvgIpc) is 2.70. The van der Waals surface area contributed by atoms with E-state index < -0.39 is 5.82 Å². The van der Waals surface area contributed by atoms with Crippen molar-refractivity contribution in [2.45, 2.75) is 32.5 Å². The highest BCUT2D eigenvalue weighted by Gasteiger charge is 2.32. The molecule has 29 heavy (non-hydrogen) atoms.